The Kier molecular flexibility index (Phi) is 4.80. The van der Waals surface area contributed by atoms with Gasteiger partial charge in [-0.2, -0.15) is 13.2 Å². The molecule has 2 heterocycles. The summed E-state index contributed by atoms with van der Waals surface area (Å²) in [4.78, 5) is 28.5. The van der Waals surface area contributed by atoms with Crippen LogP contribution in [0, 0.1) is 0 Å². The highest BCUT2D eigenvalue weighted by Gasteiger charge is 2.30. The van der Waals surface area contributed by atoms with Gasteiger partial charge in [-0.3, -0.25) is 14.3 Å². The van der Waals surface area contributed by atoms with Gasteiger partial charge in [0.25, 0.3) is 0 Å². The van der Waals surface area contributed by atoms with E-state index in [-0.39, 0.29) is 11.5 Å². The van der Waals surface area contributed by atoms with Crippen molar-refractivity contribution < 1.29 is 18.0 Å². The number of halogens is 3. The van der Waals surface area contributed by atoms with E-state index in [9.17, 15) is 22.8 Å². The molecule has 2 aromatic heterocycles. The van der Waals surface area contributed by atoms with Crippen molar-refractivity contribution in [1.29, 1.82) is 0 Å². The number of carbonyl (C=O) groups is 1. The van der Waals surface area contributed by atoms with Crippen molar-refractivity contribution in [2.45, 2.75) is 12.7 Å². The van der Waals surface area contributed by atoms with Crippen molar-refractivity contribution in [3.8, 4) is 11.5 Å². The van der Waals surface area contributed by atoms with Gasteiger partial charge in [0.15, 0.2) is 5.82 Å². The third-order valence-electron chi connectivity index (χ3n) is 3.70. The second kappa shape index (κ2) is 7.06. The van der Waals surface area contributed by atoms with Gasteiger partial charge >= 0.3 is 11.9 Å². The Bertz CT molecular complexity index is 1030. The molecule has 0 saturated carbocycles. The predicted octanol–water partition coefficient (Wildman–Crippen LogP) is 2.30. The maximum absolute atomic E-state index is 12.7. The largest absolute Gasteiger partial charge is 0.416 e. The van der Waals surface area contributed by atoms with E-state index >= 15 is 0 Å². The van der Waals surface area contributed by atoms with E-state index in [0.29, 0.717) is 5.69 Å². The van der Waals surface area contributed by atoms with Crippen molar-refractivity contribution in [3.05, 3.63) is 64.7 Å². The first-order valence-corrected chi connectivity index (χ1v) is 7.78. The van der Waals surface area contributed by atoms with Crippen LogP contribution in [0.1, 0.15) is 5.56 Å². The number of anilines is 1. The lowest BCUT2D eigenvalue weighted by Gasteiger charge is -2.09. The second-order valence-electron chi connectivity index (χ2n) is 5.66. The number of alkyl halides is 3. The lowest BCUT2D eigenvalue weighted by molar-refractivity contribution is -0.137. The predicted molar refractivity (Wildman–Crippen MR) is 90.8 cm³/mol. The van der Waals surface area contributed by atoms with Gasteiger partial charge in [0.2, 0.25) is 5.91 Å². The molecule has 1 aromatic carbocycles. The number of amides is 1. The highest BCUT2D eigenvalue weighted by Crippen LogP contribution is 2.30. The Morgan fingerprint density at radius 3 is 2.63 bits per heavy atom. The molecule has 3 aromatic rings. The van der Waals surface area contributed by atoms with Gasteiger partial charge in [-0.25, -0.2) is 9.48 Å². The molecule has 140 valence electrons. The van der Waals surface area contributed by atoms with Crippen LogP contribution in [0.5, 0.6) is 0 Å². The monoisotopic (exact) mass is 377 g/mol. The summed E-state index contributed by atoms with van der Waals surface area (Å²) in [5, 5.41) is 6.42. The summed E-state index contributed by atoms with van der Waals surface area (Å²) >= 11 is 0. The van der Waals surface area contributed by atoms with E-state index in [1.165, 1.54) is 23.7 Å². The van der Waals surface area contributed by atoms with Gasteiger partial charge in [-0.05, 0) is 30.3 Å². The SMILES string of the molecule is Cn1c(-c2ccccn2)nn(CC(=O)Nc2cccc(C(F)(F)F)c2)c1=O. The van der Waals surface area contributed by atoms with Gasteiger partial charge in [0, 0.05) is 18.9 Å². The number of hydrogen-bond donors (Lipinski definition) is 1. The minimum Gasteiger partial charge on any atom is -0.324 e. The number of benzene rings is 1. The number of pyridine rings is 1. The van der Waals surface area contributed by atoms with Crippen LogP contribution in [0.3, 0.4) is 0 Å². The average molecular weight is 377 g/mol. The van der Waals surface area contributed by atoms with E-state index in [4.69, 9.17) is 0 Å². The maximum atomic E-state index is 12.7. The molecule has 27 heavy (non-hydrogen) atoms. The van der Waals surface area contributed by atoms with Crippen LogP contribution in [0.4, 0.5) is 18.9 Å². The first kappa shape index (κ1) is 18.4. The number of nitrogens with zero attached hydrogens (tertiary/aromatic N) is 4. The molecule has 0 radical (unpaired) electrons. The smallest absolute Gasteiger partial charge is 0.324 e. The summed E-state index contributed by atoms with van der Waals surface area (Å²) in [6.45, 7) is -0.449. The lowest BCUT2D eigenvalue weighted by Crippen LogP contribution is -2.29. The molecule has 10 heteroatoms. The molecule has 0 spiro atoms. The molecule has 0 bridgehead atoms. The Morgan fingerprint density at radius 1 is 1.19 bits per heavy atom. The zero-order chi connectivity index (χ0) is 19.6. The van der Waals surface area contributed by atoms with E-state index in [0.717, 1.165) is 16.8 Å². The molecule has 1 N–H and O–H groups in total. The standard InChI is InChI=1S/C17H14F3N5O2/c1-24-15(13-7-2-3-8-21-13)23-25(16(24)27)10-14(26)22-12-6-4-5-11(9-12)17(18,19)20/h2-9H,10H2,1H3,(H,22,26). The molecule has 0 aliphatic carbocycles. The molecule has 0 saturated heterocycles. The summed E-state index contributed by atoms with van der Waals surface area (Å²) in [5.41, 5.74) is -1.000. The molecular formula is C17H14F3N5O2. The van der Waals surface area contributed by atoms with Crippen LogP contribution < -0.4 is 11.0 Å². The summed E-state index contributed by atoms with van der Waals surface area (Å²) in [7, 11) is 1.49. The molecule has 0 aliphatic rings. The van der Waals surface area contributed by atoms with Gasteiger partial charge in [-0.15, -0.1) is 5.10 Å². The van der Waals surface area contributed by atoms with E-state index < -0.39 is 29.9 Å². The molecule has 3 rings (SSSR count). The van der Waals surface area contributed by atoms with Gasteiger partial charge in [0.05, 0.1) is 5.56 Å². The molecule has 0 atom stereocenters. The van der Waals surface area contributed by atoms with Crippen LogP contribution in [0.15, 0.2) is 53.5 Å². The quantitative estimate of drug-likeness (QED) is 0.757. The van der Waals surface area contributed by atoms with Gasteiger partial charge in [0.1, 0.15) is 12.2 Å². The maximum Gasteiger partial charge on any atom is 0.416 e. The fourth-order valence-corrected chi connectivity index (χ4v) is 2.42. The first-order valence-electron chi connectivity index (χ1n) is 7.78. The van der Waals surface area contributed by atoms with Crippen molar-refractivity contribution in [1.82, 2.24) is 19.3 Å². The molecule has 1 amide bonds. The summed E-state index contributed by atoms with van der Waals surface area (Å²) in [6.07, 6.45) is -2.98. The van der Waals surface area contributed by atoms with Crippen molar-refractivity contribution in [2.75, 3.05) is 5.32 Å². The number of rotatable bonds is 4. The topological polar surface area (TPSA) is 81.8 Å². The van der Waals surface area contributed by atoms with E-state index in [1.807, 2.05) is 0 Å². The third kappa shape index (κ3) is 4.05. The van der Waals surface area contributed by atoms with Crippen molar-refractivity contribution in [3.63, 3.8) is 0 Å². The molecular weight excluding hydrogens is 363 g/mol. The molecule has 0 unspecified atom stereocenters. The zero-order valence-electron chi connectivity index (χ0n) is 14.1. The normalized spacial score (nSPS) is 11.4. The average Bonchev–Trinajstić information content (AvgIpc) is 2.90. The minimum absolute atomic E-state index is 0.0243. The van der Waals surface area contributed by atoms with Crippen LogP contribution in [-0.4, -0.2) is 25.2 Å². The third-order valence-corrected chi connectivity index (χ3v) is 3.70. The summed E-state index contributed by atoms with van der Waals surface area (Å²) < 4.78 is 40.4. The van der Waals surface area contributed by atoms with E-state index in [1.54, 1.807) is 24.4 Å². The fraction of sp³-hybridized carbons (Fsp3) is 0.176. The number of aromatic nitrogens is 4. The lowest BCUT2D eigenvalue weighted by atomic mass is 10.2. The fourth-order valence-electron chi connectivity index (χ4n) is 2.42. The highest BCUT2D eigenvalue weighted by molar-refractivity contribution is 5.90. The number of nitrogens with one attached hydrogen (secondary N) is 1. The van der Waals surface area contributed by atoms with Crippen LogP contribution >= 0.6 is 0 Å². The first-order chi connectivity index (χ1) is 12.8. The number of hydrogen-bond acceptors (Lipinski definition) is 4. The van der Waals surface area contributed by atoms with Crippen molar-refractivity contribution in [2.24, 2.45) is 7.05 Å². The van der Waals surface area contributed by atoms with Gasteiger partial charge in [-0.1, -0.05) is 12.1 Å². The van der Waals surface area contributed by atoms with Crippen LogP contribution in [0.2, 0.25) is 0 Å². The molecule has 0 fully saturated rings. The van der Waals surface area contributed by atoms with Crippen molar-refractivity contribution >= 4 is 11.6 Å². The molecule has 0 aliphatic heterocycles. The molecule has 7 nitrogen and oxygen atoms in total. The Morgan fingerprint density at radius 2 is 1.96 bits per heavy atom. The zero-order valence-corrected chi connectivity index (χ0v) is 14.1. The number of carbonyl (C=O) groups excluding carboxylic acids is 1. The Hall–Kier alpha value is -3.43. The summed E-state index contributed by atoms with van der Waals surface area (Å²) in [5.74, 6) is -0.408. The Labute approximate surface area is 151 Å². The van der Waals surface area contributed by atoms with Crippen LogP contribution in [-0.2, 0) is 24.6 Å². The minimum atomic E-state index is -4.52. The summed E-state index contributed by atoms with van der Waals surface area (Å²) in [6, 6.07) is 9.33. The van der Waals surface area contributed by atoms with E-state index in [2.05, 4.69) is 15.4 Å². The highest BCUT2D eigenvalue weighted by atomic mass is 19.4. The van der Waals surface area contributed by atoms with Crippen LogP contribution in [0.25, 0.3) is 11.5 Å². The second-order valence-corrected chi connectivity index (χ2v) is 5.66. The van der Waals surface area contributed by atoms with Gasteiger partial charge < -0.3 is 5.32 Å². The Balaban J connectivity index is 1.79.